The van der Waals surface area contributed by atoms with Crippen LogP contribution in [0, 0.1) is 12.7 Å². The predicted molar refractivity (Wildman–Crippen MR) is 66.9 cm³/mol. The Hall–Kier alpha value is -1.23. The molecular formula is C13H15FO3S. The Balaban J connectivity index is 2.33. The molecule has 2 rings (SSSR count). The molecule has 1 fully saturated rings. The van der Waals surface area contributed by atoms with E-state index in [2.05, 4.69) is 0 Å². The summed E-state index contributed by atoms with van der Waals surface area (Å²) in [6.45, 7) is 1.56. The number of carbonyl (C=O) groups is 1. The summed E-state index contributed by atoms with van der Waals surface area (Å²) in [5.41, 5.74) is 0.637. The third kappa shape index (κ3) is 2.46. The third-order valence-electron chi connectivity index (χ3n) is 3.31. The SMILES string of the molecule is Cc1cc(C(=O)C2CCCCS2(=O)=O)ccc1F. The van der Waals surface area contributed by atoms with Crippen LogP contribution in [0.15, 0.2) is 18.2 Å². The molecular weight excluding hydrogens is 255 g/mol. The zero-order chi connectivity index (χ0) is 13.3. The highest BCUT2D eigenvalue weighted by atomic mass is 32.2. The molecule has 0 N–H and O–H groups in total. The van der Waals surface area contributed by atoms with Gasteiger partial charge >= 0.3 is 0 Å². The van der Waals surface area contributed by atoms with E-state index in [0.29, 0.717) is 18.4 Å². The van der Waals surface area contributed by atoms with Gasteiger partial charge in [0.2, 0.25) is 0 Å². The second kappa shape index (κ2) is 4.80. The van der Waals surface area contributed by atoms with Crippen LogP contribution in [0.1, 0.15) is 35.2 Å². The fraction of sp³-hybridized carbons (Fsp3) is 0.462. The van der Waals surface area contributed by atoms with Gasteiger partial charge in [0.25, 0.3) is 0 Å². The molecule has 0 bridgehead atoms. The highest BCUT2D eigenvalue weighted by Gasteiger charge is 2.35. The largest absolute Gasteiger partial charge is 0.293 e. The monoisotopic (exact) mass is 270 g/mol. The van der Waals surface area contributed by atoms with E-state index in [9.17, 15) is 17.6 Å². The molecule has 3 nitrogen and oxygen atoms in total. The van der Waals surface area contributed by atoms with Gasteiger partial charge in [-0.15, -0.1) is 0 Å². The maximum Gasteiger partial charge on any atom is 0.180 e. The Morgan fingerprint density at radius 3 is 2.67 bits per heavy atom. The van der Waals surface area contributed by atoms with Crippen molar-refractivity contribution in [1.29, 1.82) is 0 Å². The van der Waals surface area contributed by atoms with E-state index in [1.54, 1.807) is 6.92 Å². The maximum absolute atomic E-state index is 13.1. The van der Waals surface area contributed by atoms with Crippen LogP contribution in [0.4, 0.5) is 4.39 Å². The third-order valence-corrected chi connectivity index (χ3v) is 5.49. The average Bonchev–Trinajstić information content (AvgIpc) is 2.31. The summed E-state index contributed by atoms with van der Waals surface area (Å²) in [5, 5.41) is -0.948. The zero-order valence-electron chi connectivity index (χ0n) is 10.1. The van der Waals surface area contributed by atoms with Gasteiger partial charge in [0.15, 0.2) is 15.6 Å². The highest BCUT2D eigenvalue weighted by Crippen LogP contribution is 2.23. The number of sulfone groups is 1. The van der Waals surface area contributed by atoms with Crippen LogP contribution in [0.25, 0.3) is 0 Å². The fourth-order valence-corrected chi connectivity index (χ4v) is 4.11. The summed E-state index contributed by atoms with van der Waals surface area (Å²) in [6.07, 6.45) is 1.74. The zero-order valence-corrected chi connectivity index (χ0v) is 11.0. The smallest absolute Gasteiger partial charge is 0.180 e. The van der Waals surface area contributed by atoms with Gasteiger partial charge in [0.05, 0.1) is 5.75 Å². The maximum atomic E-state index is 13.1. The van der Waals surface area contributed by atoms with Crippen molar-refractivity contribution in [2.45, 2.75) is 31.4 Å². The number of benzene rings is 1. The van der Waals surface area contributed by atoms with Gasteiger partial charge in [0, 0.05) is 5.56 Å². The number of aryl methyl sites for hydroxylation is 1. The Bertz CT molecular complexity index is 578. The summed E-state index contributed by atoms with van der Waals surface area (Å²) in [6, 6.07) is 3.98. The molecule has 1 saturated heterocycles. The second-order valence-electron chi connectivity index (χ2n) is 4.68. The number of halogens is 1. The van der Waals surface area contributed by atoms with Gasteiger partial charge in [-0.3, -0.25) is 4.79 Å². The van der Waals surface area contributed by atoms with E-state index in [1.165, 1.54) is 18.2 Å². The lowest BCUT2D eigenvalue weighted by atomic mass is 10.0. The number of Topliss-reactive ketones (excluding diaryl/α,β-unsaturated/α-hetero) is 1. The lowest BCUT2D eigenvalue weighted by Crippen LogP contribution is -2.35. The van der Waals surface area contributed by atoms with Crippen LogP contribution in [0.5, 0.6) is 0 Å². The van der Waals surface area contributed by atoms with Gasteiger partial charge in [0.1, 0.15) is 11.1 Å². The fourth-order valence-electron chi connectivity index (χ4n) is 2.23. The van der Waals surface area contributed by atoms with Crippen molar-refractivity contribution in [3.63, 3.8) is 0 Å². The first kappa shape index (κ1) is 13.2. The van der Waals surface area contributed by atoms with E-state index in [1.807, 2.05) is 0 Å². The molecule has 0 spiro atoms. The number of ketones is 1. The highest BCUT2D eigenvalue weighted by molar-refractivity contribution is 7.92. The van der Waals surface area contributed by atoms with Crippen molar-refractivity contribution in [2.24, 2.45) is 0 Å². The molecule has 0 aliphatic carbocycles. The summed E-state index contributed by atoms with van der Waals surface area (Å²) in [7, 11) is -3.34. The quantitative estimate of drug-likeness (QED) is 0.775. The molecule has 98 valence electrons. The number of hydrogen-bond donors (Lipinski definition) is 0. The van der Waals surface area contributed by atoms with Crippen molar-refractivity contribution in [1.82, 2.24) is 0 Å². The minimum Gasteiger partial charge on any atom is -0.293 e. The number of hydrogen-bond acceptors (Lipinski definition) is 3. The Morgan fingerprint density at radius 1 is 1.33 bits per heavy atom. The van der Waals surface area contributed by atoms with E-state index in [0.717, 1.165) is 6.42 Å². The van der Waals surface area contributed by atoms with Crippen LogP contribution in [0.2, 0.25) is 0 Å². The van der Waals surface area contributed by atoms with E-state index in [-0.39, 0.29) is 11.3 Å². The van der Waals surface area contributed by atoms with E-state index < -0.39 is 26.7 Å². The van der Waals surface area contributed by atoms with Gasteiger partial charge in [-0.05, 0) is 43.5 Å². The van der Waals surface area contributed by atoms with Crippen LogP contribution >= 0.6 is 0 Å². The molecule has 1 unspecified atom stereocenters. The number of carbonyl (C=O) groups excluding carboxylic acids is 1. The molecule has 1 aromatic carbocycles. The van der Waals surface area contributed by atoms with Gasteiger partial charge in [-0.25, -0.2) is 12.8 Å². The predicted octanol–water partition coefficient (Wildman–Crippen LogP) is 2.28. The molecule has 0 aromatic heterocycles. The molecule has 18 heavy (non-hydrogen) atoms. The van der Waals surface area contributed by atoms with Crippen LogP contribution in [-0.2, 0) is 9.84 Å². The minimum atomic E-state index is -3.34. The van der Waals surface area contributed by atoms with Crippen LogP contribution in [-0.4, -0.2) is 25.2 Å². The topological polar surface area (TPSA) is 51.2 Å². The van der Waals surface area contributed by atoms with Crippen molar-refractivity contribution >= 4 is 15.6 Å². The second-order valence-corrected chi connectivity index (χ2v) is 6.98. The molecule has 1 aliphatic rings. The standard InChI is InChI=1S/C13H15FO3S/c1-9-8-10(5-6-11(9)14)13(15)12-4-2-3-7-18(12,16)17/h5-6,8,12H,2-4,7H2,1H3. The normalized spacial score (nSPS) is 22.7. The average molecular weight is 270 g/mol. The molecule has 1 atom stereocenters. The van der Waals surface area contributed by atoms with Gasteiger partial charge in [-0.2, -0.15) is 0 Å². The molecule has 0 saturated carbocycles. The van der Waals surface area contributed by atoms with E-state index >= 15 is 0 Å². The van der Waals surface area contributed by atoms with Crippen molar-refractivity contribution in [2.75, 3.05) is 5.75 Å². The lowest BCUT2D eigenvalue weighted by molar-refractivity contribution is 0.0981. The summed E-state index contributed by atoms with van der Waals surface area (Å²) in [4.78, 5) is 12.2. The summed E-state index contributed by atoms with van der Waals surface area (Å²) in [5.74, 6) is -0.723. The first-order valence-corrected chi connectivity index (χ1v) is 7.65. The van der Waals surface area contributed by atoms with Crippen molar-refractivity contribution in [3.8, 4) is 0 Å². The molecule has 1 aromatic rings. The van der Waals surface area contributed by atoms with Gasteiger partial charge < -0.3 is 0 Å². The Morgan fingerprint density at radius 2 is 2.06 bits per heavy atom. The van der Waals surface area contributed by atoms with Gasteiger partial charge in [-0.1, -0.05) is 6.42 Å². The minimum absolute atomic E-state index is 0.0730. The molecule has 5 heteroatoms. The summed E-state index contributed by atoms with van der Waals surface area (Å²) < 4.78 is 36.8. The van der Waals surface area contributed by atoms with E-state index in [4.69, 9.17) is 0 Å². The van der Waals surface area contributed by atoms with Crippen LogP contribution in [0.3, 0.4) is 0 Å². The Kier molecular flexibility index (Phi) is 3.52. The first-order chi connectivity index (χ1) is 8.42. The molecule has 1 aliphatic heterocycles. The van der Waals surface area contributed by atoms with Crippen molar-refractivity contribution in [3.05, 3.63) is 35.1 Å². The van der Waals surface area contributed by atoms with Crippen LogP contribution < -0.4 is 0 Å². The summed E-state index contributed by atoms with van der Waals surface area (Å²) >= 11 is 0. The number of rotatable bonds is 2. The molecule has 1 heterocycles. The van der Waals surface area contributed by atoms with Crippen molar-refractivity contribution < 1.29 is 17.6 Å². The Labute approximate surface area is 106 Å². The lowest BCUT2D eigenvalue weighted by Gasteiger charge is -2.21. The molecule has 0 radical (unpaired) electrons. The first-order valence-electron chi connectivity index (χ1n) is 5.94. The molecule has 0 amide bonds.